The van der Waals surface area contributed by atoms with Crippen LogP contribution in [0, 0.1) is 11.8 Å². The quantitative estimate of drug-likeness (QED) is 0.278. The van der Waals surface area contributed by atoms with Gasteiger partial charge in [0.25, 0.3) is 0 Å². The SMILES string of the molecule is CCCCC(C)(O)CC=C[C@H]1C(O)CC(=O)[C@@H]1CCCCC=CC(=O)O. The normalized spacial score (nSPS) is 26.0. The molecule has 0 amide bonds. The van der Waals surface area contributed by atoms with Gasteiger partial charge in [-0.25, -0.2) is 4.79 Å². The van der Waals surface area contributed by atoms with Gasteiger partial charge in [0.1, 0.15) is 5.78 Å². The van der Waals surface area contributed by atoms with Crippen LogP contribution in [0.1, 0.15) is 71.6 Å². The second-order valence-electron chi connectivity index (χ2n) is 7.68. The number of carbonyl (C=O) groups excluding carboxylic acids is 1. The molecule has 1 rings (SSSR count). The summed E-state index contributed by atoms with van der Waals surface area (Å²) in [5, 5.41) is 29.1. The van der Waals surface area contributed by atoms with Crippen molar-refractivity contribution in [3.8, 4) is 0 Å². The number of rotatable bonds is 12. The van der Waals surface area contributed by atoms with Gasteiger partial charge in [0, 0.05) is 24.3 Å². The summed E-state index contributed by atoms with van der Waals surface area (Å²) >= 11 is 0. The number of Topliss-reactive ketones (excluding diaryl/α,β-unsaturated/α-hetero) is 1. The van der Waals surface area contributed by atoms with E-state index in [1.54, 1.807) is 6.08 Å². The highest BCUT2D eigenvalue weighted by molar-refractivity contribution is 5.84. The average Bonchev–Trinajstić information content (AvgIpc) is 2.82. The van der Waals surface area contributed by atoms with E-state index in [0.717, 1.165) is 38.2 Å². The predicted molar refractivity (Wildman–Crippen MR) is 102 cm³/mol. The van der Waals surface area contributed by atoms with Crippen LogP contribution in [0.15, 0.2) is 24.3 Å². The van der Waals surface area contributed by atoms with E-state index < -0.39 is 17.7 Å². The molecule has 3 N–H and O–H groups in total. The van der Waals surface area contributed by atoms with Crippen molar-refractivity contribution in [2.24, 2.45) is 11.8 Å². The van der Waals surface area contributed by atoms with Gasteiger partial charge in [-0.05, 0) is 39.0 Å². The molecule has 1 aliphatic carbocycles. The minimum Gasteiger partial charge on any atom is -0.478 e. The Morgan fingerprint density at radius 3 is 2.65 bits per heavy atom. The van der Waals surface area contributed by atoms with E-state index >= 15 is 0 Å². The standard InChI is InChI=1S/C21H34O5/c1-3-4-13-21(2,26)14-9-11-17-16(18(22)15-19(17)23)10-7-5-6-8-12-20(24)25/h8-9,11-12,16-17,19,23,26H,3-7,10,13-15H2,1-2H3,(H,24,25)/t16-,17-,19?,21?/m1/s1. The first-order valence-corrected chi connectivity index (χ1v) is 9.76. The molecule has 0 radical (unpaired) electrons. The lowest BCUT2D eigenvalue weighted by Gasteiger charge is -2.22. The van der Waals surface area contributed by atoms with E-state index in [2.05, 4.69) is 6.92 Å². The molecule has 0 bridgehead atoms. The number of aliphatic carboxylic acids is 1. The maximum atomic E-state index is 12.2. The van der Waals surface area contributed by atoms with Crippen LogP contribution in [0.3, 0.4) is 0 Å². The van der Waals surface area contributed by atoms with Gasteiger partial charge in [-0.2, -0.15) is 0 Å². The molecule has 0 spiro atoms. The summed E-state index contributed by atoms with van der Waals surface area (Å²) in [6.07, 6.45) is 12.5. The first-order chi connectivity index (χ1) is 12.3. The van der Waals surface area contributed by atoms with E-state index in [1.807, 2.05) is 19.1 Å². The van der Waals surface area contributed by atoms with Crippen molar-refractivity contribution in [2.45, 2.75) is 83.3 Å². The Balaban J connectivity index is 2.49. The summed E-state index contributed by atoms with van der Waals surface area (Å²) in [7, 11) is 0. The predicted octanol–water partition coefficient (Wildman–Crippen LogP) is 3.64. The molecule has 4 atom stereocenters. The zero-order valence-corrected chi connectivity index (χ0v) is 16.1. The lowest BCUT2D eigenvalue weighted by molar-refractivity contribution is -0.131. The number of ketones is 1. The Bertz CT molecular complexity index is 507. The van der Waals surface area contributed by atoms with Gasteiger partial charge in [0.15, 0.2) is 0 Å². The fourth-order valence-corrected chi connectivity index (χ4v) is 3.54. The van der Waals surface area contributed by atoms with Crippen molar-refractivity contribution in [3.05, 3.63) is 24.3 Å². The van der Waals surface area contributed by atoms with Crippen molar-refractivity contribution in [1.29, 1.82) is 0 Å². The molecule has 0 aromatic carbocycles. The van der Waals surface area contributed by atoms with E-state index in [-0.39, 0.29) is 24.0 Å². The Hall–Kier alpha value is -1.46. The number of unbranched alkanes of at least 4 members (excludes halogenated alkanes) is 3. The van der Waals surface area contributed by atoms with Gasteiger partial charge in [-0.15, -0.1) is 0 Å². The van der Waals surface area contributed by atoms with Crippen LogP contribution < -0.4 is 0 Å². The molecule has 0 aromatic rings. The van der Waals surface area contributed by atoms with Crippen molar-refractivity contribution >= 4 is 11.8 Å². The van der Waals surface area contributed by atoms with Crippen molar-refractivity contribution in [1.82, 2.24) is 0 Å². The van der Waals surface area contributed by atoms with Gasteiger partial charge >= 0.3 is 5.97 Å². The average molecular weight is 366 g/mol. The first kappa shape index (κ1) is 22.6. The van der Waals surface area contributed by atoms with Gasteiger partial charge in [0.05, 0.1) is 11.7 Å². The maximum Gasteiger partial charge on any atom is 0.327 e. The third-order valence-electron chi connectivity index (χ3n) is 5.11. The largest absolute Gasteiger partial charge is 0.478 e. The smallest absolute Gasteiger partial charge is 0.327 e. The van der Waals surface area contributed by atoms with Gasteiger partial charge < -0.3 is 15.3 Å². The minimum absolute atomic E-state index is 0.103. The zero-order chi connectivity index (χ0) is 19.6. The van der Waals surface area contributed by atoms with Crippen LogP contribution in [-0.4, -0.2) is 38.8 Å². The van der Waals surface area contributed by atoms with Gasteiger partial charge in [-0.3, -0.25) is 4.79 Å². The lowest BCUT2D eigenvalue weighted by atomic mass is 9.87. The molecule has 0 saturated heterocycles. The number of aliphatic hydroxyl groups is 2. The Labute approximate surface area is 156 Å². The summed E-state index contributed by atoms with van der Waals surface area (Å²) in [6, 6.07) is 0. The number of allylic oxidation sites excluding steroid dienone is 1. The number of aliphatic hydroxyl groups excluding tert-OH is 1. The molecular weight excluding hydrogens is 332 g/mol. The number of carbonyl (C=O) groups is 2. The van der Waals surface area contributed by atoms with Gasteiger partial charge in [-0.1, -0.05) is 44.4 Å². The Kier molecular flexibility index (Phi) is 9.81. The summed E-state index contributed by atoms with van der Waals surface area (Å²) in [4.78, 5) is 22.6. The first-order valence-electron chi connectivity index (χ1n) is 9.76. The molecule has 1 saturated carbocycles. The summed E-state index contributed by atoms with van der Waals surface area (Å²) in [5.74, 6) is -1.20. The molecule has 1 fully saturated rings. The van der Waals surface area contributed by atoms with Crippen molar-refractivity contribution in [3.63, 3.8) is 0 Å². The fraction of sp³-hybridized carbons (Fsp3) is 0.714. The van der Waals surface area contributed by atoms with E-state index in [0.29, 0.717) is 19.3 Å². The molecule has 148 valence electrons. The number of hydrogen-bond acceptors (Lipinski definition) is 4. The number of carboxylic acid groups (broad SMARTS) is 1. The lowest BCUT2D eigenvalue weighted by Crippen LogP contribution is -2.23. The Morgan fingerprint density at radius 2 is 2.00 bits per heavy atom. The van der Waals surface area contributed by atoms with Crippen LogP contribution in [0.5, 0.6) is 0 Å². The second kappa shape index (κ2) is 11.3. The van der Waals surface area contributed by atoms with Crippen molar-refractivity contribution in [2.75, 3.05) is 0 Å². The number of carboxylic acids is 1. The Morgan fingerprint density at radius 1 is 1.27 bits per heavy atom. The van der Waals surface area contributed by atoms with E-state index in [4.69, 9.17) is 5.11 Å². The van der Waals surface area contributed by atoms with E-state index in [1.165, 1.54) is 0 Å². The molecule has 0 aliphatic heterocycles. The highest BCUT2D eigenvalue weighted by Gasteiger charge is 2.39. The van der Waals surface area contributed by atoms with Crippen LogP contribution >= 0.6 is 0 Å². The van der Waals surface area contributed by atoms with Crippen LogP contribution in [0.4, 0.5) is 0 Å². The molecular formula is C21H34O5. The fourth-order valence-electron chi connectivity index (χ4n) is 3.54. The highest BCUT2D eigenvalue weighted by Crippen LogP contribution is 2.34. The van der Waals surface area contributed by atoms with Gasteiger partial charge in [0.2, 0.25) is 0 Å². The second-order valence-corrected chi connectivity index (χ2v) is 7.68. The highest BCUT2D eigenvalue weighted by atomic mass is 16.4. The third-order valence-corrected chi connectivity index (χ3v) is 5.11. The number of hydrogen-bond donors (Lipinski definition) is 3. The molecule has 5 nitrogen and oxygen atoms in total. The molecule has 2 unspecified atom stereocenters. The third kappa shape index (κ3) is 8.28. The molecule has 5 heteroatoms. The van der Waals surface area contributed by atoms with Crippen LogP contribution in [0.25, 0.3) is 0 Å². The van der Waals surface area contributed by atoms with Crippen molar-refractivity contribution < 1.29 is 24.9 Å². The van der Waals surface area contributed by atoms with E-state index in [9.17, 15) is 19.8 Å². The topological polar surface area (TPSA) is 94.8 Å². The zero-order valence-electron chi connectivity index (χ0n) is 16.1. The molecule has 0 aromatic heterocycles. The summed E-state index contributed by atoms with van der Waals surface area (Å²) in [5.41, 5.74) is -0.744. The molecule has 1 aliphatic rings. The monoisotopic (exact) mass is 366 g/mol. The molecule has 26 heavy (non-hydrogen) atoms. The minimum atomic E-state index is -0.945. The molecule has 0 heterocycles. The summed E-state index contributed by atoms with van der Waals surface area (Å²) in [6.45, 7) is 3.92. The summed E-state index contributed by atoms with van der Waals surface area (Å²) < 4.78 is 0. The maximum absolute atomic E-state index is 12.2. The van der Waals surface area contributed by atoms with Crippen LogP contribution in [0.2, 0.25) is 0 Å². The van der Waals surface area contributed by atoms with Crippen LogP contribution in [-0.2, 0) is 9.59 Å².